The first-order chi connectivity index (χ1) is 10.6. The van der Waals surface area contributed by atoms with E-state index in [9.17, 15) is 9.59 Å². The van der Waals surface area contributed by atoms with Gasteiger partial charge in [0.05, 0.1) is 11.8 Å². The fourth-order valence-corrected chi connectivity index (χ4v) is 3.46. The summed E-state index contributed by atoms with van der Waals surface area (Å²) in [6.45, 7) is 0. The molecular formula is C16H16N4O2. The molecule has 0 unspecified atom stereocenters. The Morgan fingerprint density at radius 1 is 0.727 bits per heavy atom. The summed E-state index contributed by atoms with van der Waals surface area (Å²) < 4.78 is 0. The van der Waals surface area contributed by atoms with E-state index in [4.69, 9.17) is 11.5 Å². The lowest BCUT2D eigenvalue weighted by atomic mass is 9.52. The molecule has 0 aromatic carbocycles. The van der Waals surface area contributed by atoms with Gasteiger partial charge in [0.1, 0.15) is 0 Å². The maximum absolute atomic E-state index is 11.8. The van der Waals surface area contributed by atoms with Gasteiger partial charge in [0.15, 0.2) is 0 Å². The molecule has 6 heteroatoms. The maximum atomic E-state index is 11.8. The normalized spacial score (nSPS) is 26.9. The number of pyridine rings is 2. The summed E-state index contributed by atoms with van der Waals surface area (Å²) in [5.41, 5.74) is 12.9. The van der Waals surface area contributed by atoms with Crippen LogP contribution in [0.15, 0.2) is 49.1 Å². The molecule has 1 saturated carbocycles. The molecule has 2 amide bonds. The number of hydrogen-bond donors (Lipinski definition) is 2. The van der Waals surface area contributed by atoms with Gasteiger partial charge in [0, 0.05) is 36.6 Å². The largest absolute Gasteiger partial charge is 0.369 e. The predicted octanol–water partition coefficient (Wildman–Crippen LogP) is 0.561. The summed E-state index contributed by atoms with van der Waals surface area (Å²) in [7, 11) is 0. The van der Waals surface area contributed by atoms with E-state index >= 15 is 0 Å². The van der Waals surface area contributed by atoms with Gasteiger partial charge in [-0.15, -0.1) is 0 Å². The maximum Gasteiger partial charge on any atom is 0.222 e. The van der Waals surface area contributed by atoms with Gasteiger partial charge in [-0.1, -0.05) is 0 Å². The molecule has 0 bridgehead atoms. The van der Waals surface area contributed by atoms with Gasteiger partial charge in [-0.3, -0.25) is 19.6 Å². The zero-order valence-corrected chi connectivity index (χ0v) is 11.8. The van der Waals surface area contributed by atoms with Crippen molar-refractivity contribution in [3.8, 4) is 0 Å². The number of nitrogens with zero attached hydrogens (tertiary/aromatic N) is 2. The van der Waals surface area contributed by atoms with E-state index in [1.54, 1.807) is 24.8 Å². The van der Waals surface area contributed by atoms with Crippen LogP contribution in [0.3, 0.4) is 0 Å². The third kappa shape index (κ3) is 2.22. The molecule has 2 aromatic heterocycles. The zero-order chi connectivity index (χ0) is 15.7. The lowest BCUT2D eigenvalue weighted by molar-refractivity contribution is -0.140. The van der Waals surface area contributed by atoms with Crippen molar-refractivity contribution in [1.29, 1.82) is 0 Å². The first-order valence-corrected chi connectivity index (χ1v) is 6.99. The number of rotatable bonds is 4. The van der Waals surface area contributed by atoms with Crippen LogP contribution in [0.2, 0.25) is 0 Å². The van der Waals surface area contributed by atoms with Crippen LogP contribution < -0.4 is 11.5 Å². The molecule has 4 N–H and O–H groups in total. The first kappa shape index (κ1) is 14.2. The molecule has 3 rings (SSSR count). The van der Waals surface area contributed by atoms with Crippen molar-refractivity contribution in [2.75, 3.05) is 0 Å². The summed E-state index contributed by atoms with van der Waals surface area (Å²) in [6, 6.07) is 7.36. The molecule has 2 heterocycles. The molecule has 6 nitrogen and oxygen atoms in total. The van der Waals surface area contributed by atoms with Gasteiger partial charge in [-0.05, 0) is 35.4 Å². The lowest BCUT2D eigenvalue weighted by Gasteiger charge is -2.49. The molecule has 0 aliphatic heterocycles. The van der Waals surface area contributed by atoms with Gasteiger partial charge in [-0.2, -0.15) is 0 Å². The smallest absolute Gasteiger partial charge is 0.222 e. The molecule has 2 aromatic rings. The van der Waals surface area contributed by atoms with E-state index in [0.717, 1.165) is 11.1 Å². The quantitative estimate of drug-likeness (QED) is 0.858. The second kappa shape index (κ2) is 5.55. The van der Waals surface area contributed by atoms with Gasteiger partial charge in [-0.25, -0.2) is 0 Å². The molecule has 0 saturated heterocycles. The van der Waals surface area contributed by atoms with E-state index in [1.807, 2.05) is 24.3 Å². The number of hydrogen-bond acceptors (Lipinski definition) is 4. The SMILES string of the molecule is NC(=O)[C@@H]1[C@H](C(N)=O)[C@@H](c2ccncc2)[C@H]1c1ccncc1. The van der Waals surface area contributed by atoms with Gasteiger partial charge >= 0.3 is 0 Å². The number of amides is 2. The Labute approximate surface area is 127 Å². The van der Waals surface area contributed by atoms with E-state index in [-0.39, 0.29) is 11.8 Å². The van der Waals surface area contributed by atoms with Crippen LogP contribution in [0.5, 0.6) is 0 Å². The zero-order valence-electron chi connectivity index (χ0n) is 11.8. The van der Waals surface area contributed by atoms with Crippen molar-refractivity contribution in [3.63, 3.8) is 0 Å². The Morgan fingerprint density at radius 2 is 1.05 bits per heavy atom. The van der Waals surface area contributed by atoms with Crippen molar-refractivity contribution < 1.29 is 9.59 Å². The molecule has 22 heavy (non-hydrogen) atoms. The first-order valence-electron chi connectivity index (χ1n) is 6.99. The molecule has 1 aliphatic rings. The van der Waals surface area contributed by atoms with Crippen LogP contribution in [0.1, 0.15) is 23.0 Å². The monoisotopic (exact) mass is 296 g/mol. The molecule has 1 fully saturated rings. The molecule has 1 aliphatic carbocycles. The van der Waals surface area contributed by atoms with Gasteiger partial charge < -0.3 is 11.5 Å². The van der Waals surface area contributed by atoms with E-state index in [1.165, 1.54) is 0 Å². The highest BCUT2D eigenvalue weighted by Crippen LogP contribution is 2.57. The fraction of sp³-hybridized carbons (Fsp3) is 0.250. The number of nitrogens with two attached hydrogens (primary N) is 2. The van der Waals surface area contributed by atoms with Crippen molar-refractivity contribution in [3.05, 3.63) is 60.2 Å². The summed E-state index contributed by atoms with van der Waals surface area (Å²) in [5.74, 6) is -2.57. The minimum atomic E-state index is -0.599. The Hall–Kier alpha value is -2.76. The lowest BCUT2D eigenvalue weighted by Crippen LogP contribution is -2.55. The highest BCUT2D eigenvalue weighted by atomic mass is 16.2. The molecular weight excluding hydrogens is 280 g/mol. The highest BCUT2D eigenvalue weighted by Gasteiger charge is 2.56. The van der Waals surface area contributed by atoms with Crippen LogP contribution in [0.4, 0.5) is 0 Å². The third-order valence-electron chi connectivity index (χ3n) is 4.39. The Bertz CT molecular complexity index is 628. The summed E-state index contributed by atoms with van der Waals surface area (Å²) in [4.78, 5) is 31.7. The van der Waals surface area contributed by atoms with E-state index in [0.29, 0.717) is 0 Å². The minimum Gasteiger partial charge on any atom is -0.369 e. The van der Waals surface area contributed by atoms with Crippen LogP contribution in [-0.2, 0) is 9.59 Å². The van der Waals surface area contributed by atoms with E-state index < -0.39 is 23.7 Å². The van der Waals surface area contributed by atoms with Crippen LogP contribution in [0.25, 0.3) is 0 Å². The Kier molecular flexibility index (Phi) is 3.58. The number of aromatic nitrogens is 2. The molecule has 0 radical (unpaired) electrons. The second-order valence-electron chi connectivity index (χ2n) is 5.47. The Balaban J connectivity index is 2.07. The fourth-order valence-electron chi connectivity index (χ4n) is 3.46. The number of carbonyl (C=O) groups is 2. The third-order valence-corrected chi connectivity index (χ3v) is 4.39. The van der Waals surface area contributed by atoms with Crippen LogP contribution >= 0.6 is 0 Å². The van der Waals surface area contributed by atoms with Crippen molar-refractivity contribution in [2.45, 2.75) is 11.8 Å². The van der Waals surface area contributed by atoms with Crippen molar-refractivity contribution in [1.82, 2.24) is 9.97 Å². The number of carbonyl (C=O) groups excluding carboxylic acids is 2. The van der Waals surface area contributed by atoms with Crippen molar-refractivity contribution in [2.24, 2.45) is 23.3 Å². The average Bonchev–Trinajstić information content (AvgIpc) is 2.47. The summed E-state index contributed by atoms with van der Waals surface area (Å²) >= 11 is 0. The summed E-state index contributed by atoms with van der Waals surface area (Å²) in [6.07, 6.45) is 6.65. The number of primary amides is 2. The van der Waals surface area contributed by atoms with Crippen LogP contribution in [-0.4, -0.2) is 21.8 Å². The van der Waals surface area contributed by atoms with Gasteiger partial charge in [0.2, 0.25) is 11.8 Å². The Morgan fingerprint density at radius 3 is 1.32 bits per heavy atom. The summed E-state index contributed by atoms with van der Waals surface area (Å²) in [5, 5.41) is 0. The highest BCUT2D eigenvalue weighted by molar-refractivity contribution is 5.90. The second-order valence-corrected chi connectivity index (χ2v) is 5.47. The van der Waals surface area contributed by atoms with Gasteiger partial charge in [0.25, 0.3) is 0 Å². The molecule has 0 spiro atoms. The predicted molar refractivity (Wildman–Crippen MR) is 79.3 cm³/mol. The van der Waals surface area contributed by atoms with E-state index in [2.05, 4.69) is 9.97 Å². The average molecular weight is 296 g/mol. The molecule has 112 valence electrons. The van der Waals surface area contributed by atoms with Crippen LogP contribution in [0, 0.1) is 11.8 Å². The van der Waals surface area contributed by atoms with Crippen molar-refractivity contribution >= 4 is 11.8 Å². The molecule has 4 atom stereocenters. The topological polar surface area (TPSA) is 112 Å². The standard InChI is InChI=1S/C16H16N4O2/c17-15(21)13-11(9-1-5-19-6-2-9)12(14(13)16(18)22)10-3-7-20-8-4-10/h1-8,11-14H,(H2,17,21)(H2,18,22)/t11-,12+,13+,14-. The minimum absolute atomic E-state index is 0.180.